The highest BCUT2D eigenvalue weighted by molar-refractivity contribution is 4.79. The van der Waals surface area contributed by atoms with Crippen molar-refractivity contribution in [2.45, 2.75) is 31.8 Å². The molecule has 2 atom stereocenters. The number of aliphatic hydroxyl groups is 2. The largest absolute Gasteiger partial charge is 0.394 e. The van der Waals surface area contributed by atoms with E-state index in [2.05, 4.69) is 0 Å². The molecule has 1 aliphatic rings. The molecule has 0 radical (unpaired) electrons. The highest BCUT2D eigenvalue weighted by atomic mass is 16.8. The molecule has 1 saturated heterocycles. The fraction of sp³-hybridized carbons (Fsp3) is 1.00. The third-order valence-electron chi connectivity index (χ3n) is 1.64. The van der Waals surface area contributed by atoms with Gasteiger partial charge in [0.15, 0.2) is 5.79 Å². The number of rotatable bonds is 2. The summed E-state index contributed by atoms with van der Waals surface area (Å²) in [4.78, 5) is 0. The fourth-order valence-electron chi connectivity index (χ4n) is 1.22. The summed E-state index contributed by atoms with van der Waals surface area (Å²) in [6.07, 6.45) is -0.787. The van der Waals surface area contributed by atoms with Crippen molar-refractivity contribution < 1.29 is 19.7 Å². The number of ether oxygens (including phenoxy) is 2. The fourth-order valence-corrected chi connectivity index (χ4v) is 1.22. The Kier molecular flexibility index (Phi) is 2.49. The first-order chi connectivity index (χ1) is 5.09. The van der Waals surface area contributed by atoms with Crippen molar-refractivity contribution >= 4 is 0 Å². The Morgan fingerprint density at radius 1 is 1.09 bits per heavy atom. The second-order valence-corrected chi connectivity index (χ2v) is 3.08. The Morgan fingerprint density at radius 2 is 1.45 bits per heavy atom. The minimum absolute atomic E-state index is 0.116. The lowest BCUT2D eigenvalue weighted by molar-refractivity contribution is -0.151. The van der Waals surface area contributed by atoms with Crippen LogP contribution in [0.3, 0.4) is 0 Å². The summed E-state index contributed by atoms with van der Waals surface area (Å²) in [5, 5.41) is 17.6. The molecule has 0 saturated carbocycles. The Labute approximate surface area is 65.7 Å². The number of hydrogen-bond acceptors (Lipinski definition) is 4. The topological polar surface area (TPSA) is 58.9 Å². The molecule has 0 aliphatic carbocycles. The molecule has 1 fully saturated rings. The number of aliphatic hydroxyl groups excluding tert-OH is 2. The zero-order chi connectivity index (χ0) is 8.48. The maximum Gasteiger partial charge on any atom is 0.163 e. The van der Waals surface area contributed by atoms with E-state index in [-0.39, 0.29) is 13.2 Å². The third kappa shape index (κ3) is 1.90. The van der Waals surface area contributed by atoms with E-state index in [0.717, 1.165) is 0 Å². The summed E-state index contributed by atoms with van der Waals surface area (Å²) in [5.41, 5.74) is 0. The summed E-state index contributed by atoms with van der Waals surface area (Å²) in [7, 11) is 0. The zero-order valence-corrected chi connectivity index (χ0v) is 6.78. The Hall–Kier alpha value is -0.160. The highest BCUT2D eigenvalue weighted by Gasteiger charge is 2.40. The van der Waals surface area contributed by atoms with Crippen molar-refractivity contribution in [2.75, 3.05) is 13.2 Å². The Morgan fingerprint density at radius 3 is 1.73 bits per heavy atom. The third-order valence-corrected chi connectivity index (χ3v) is 1.64. The summed E-state index contributed by atoms with van der Waals surface area (Å²) in [6.45, 7) is 3.28. The second kappa shape index (κ2) is 3.06. The average Bonchev–Trinajstić information content (AvgIpc) is 2.25. The van der Waals surface area contributed by atoms with Crippen LogP contribution in [0, 0.1) is 0 Å². The molecule has 4 nitrogen and oxygen atoms in total. The molecule has 2 N–H and O–H groups in total. The van der Waals surface area contributed by atoms with Gasteiger partial charge in [-0.25, -0.2) is 0 Å². The van der Waals surface area contributed by atoms with E-state index in [1.165, 1.54) is 0 Å². The van der Waals surface area contributed by atoms with Crippen LogP contribution in [0.4, 0.5) is 0 Å². The Bertz CT molecular complexity index is 120. The van der Waals surface area contributed by atoms with Crippen molar-refractivity contribution in [1.29, 1.82) is 0 Å². The van der Waals surface area contributed by atoms with Crippen molar-refractivity contribution in [3.63, 3.8) is 0 Å². The SMILES string of the molecule is CC1(C)OC(CO)[C@H](CO)O1. The van der Waals surface area contributed by atoms with E-state index in [0.29, 0.717) is 0 Å². The van der Waals surface area contributed by atoms with Crippen LogP contribution in [0.2, 0.25) is 0 Å². The van der Waals surface area contributed by atoms with E-state index in [9.17, 15) is 0 Å². The first kappa shape index (κ1) is 8.93. The first-order valence-corrected chi connectivity index (χ1v) is 3.66. The van der Waals surface area contributed by atoms with E-state index in [4.69, 9.17) is 19.7 Å². The minimum Gasteiger partial charge on any atom is -0.394 e. The van der Waals surface area contributed by atoms with Gasteiger partial charge in [-0.05, 0) is 13.8 Å². The minimum atomic E-state index is -0.680. The van der Waals surface area contributed by atoms with E-state index in [1.807, 2.05) is 0 Å². The lowest BCUT2D eigenvalue weighted by atomic mass is 10.2. The molecule has 66 valence electrons. The van der Waals surface area contributed by atoms with Gasteiger partial charge < -0.3 is 19.7 Å². The molecule has 1 rings (SSSR count). The molecule has 0 spiro atoms. The van der Waals surface area contributed by atoms with Crippen LogP contribution in [0.25, 0.3) is 0 Å². The molecule has 0 amide bonds. The molecule has 0 aromatic heterocycles. The molecule has 11 heavy (non-hydrogen) atoms. The smallest absolute Gasteiger partial charge is 0.163 e. The molecule has 4 heteroatoms. The van der Waals surface area contributed by atoms with Crippen molar-refractivity contribution in [1.82, 2.24) is 0 Å². The summed E-state index contributed by atoms with van der Waals surface area (Å²) >= 11 is 0. The van der Waals surface area contributed by atoms with Gasteiger partial charge in [0, 0.05) is 0 Å². The molecule has 0 aromatic rings. The van der Waals surface area contributed by atoms with Gasteiger partial charge in [0.1, 0.15) is 12.2 Å². The van der Waals surface area contributed by atoms with Crippen LogP contribution >= 0.6 is 0 Å². The molecule has 1 unspecified atom stereocenters. The molecule has 1 aliphatic heterocycles. The van der Waals surface area contributed by atoms with Crippen LogP contribution in [0.1, 0.15) is 13.8 Å². The molecular formula is C7H14O4. The standard InChI is InChI=1S/C7H14O4/c1-7(2)10-5(3-8)6(4-9)11-7/h5-6,8-9H,3-4H2,1-2H3/t5-,6?/m0/s1. The summed E-state index contributed by atoms with van der Waals surface area (Å²) in [6, 6.07) is 0. The lowest BCUT2D eigenvalue weighted by Crippen LogP contribution is -2.29. The van der Waals surface area contributed by atoms with E-state index < -0.39 is 18.0 Å². The van der Waals surface area contributed by atoms with Gasteiger partial charge in [-0.3, -0.25) is 0 Å². The molecular weight excluding hydrogens is 148 g/mol. The predicted octanol–water partition coefficient (Wildman–Crippen LogP) is -0.509. The predicted molar refractivity (Wildman–Crippen MR) is 38.0 cm³/mol. The van der Waals surface area contributed by atoms with Gasteiger partial charge in [0.2, 0.25) is 0 Å². The van der Waals surface area contributed by atoms with Gasteiger partial charge in [0.05, 0.1) is 13.2 Å². The van der Waals surface area contributed by atoms with Gasteiger partial charge >= 0.3 is 0 Å². The van der Waals surface area contributed by atoms with Crippen molar-refractivity contribution in [3.8, 4) is 0 Å². The normalized spacial score (nSPS) is 36.0. The van der Waals surface area contributed by atoms with Crippen LogP contribution in [-0.2, 0) is 9.47 Å². The monoisotopic (exact) mass is 162 g/mol. The average molecular weight is 162 g/mol. The van der Waals surface area contributed by atoms with Crippen LogP contribution < -0.4 is 0 Å². The van der Waals surface area contributed by atoms with Crippen molar-refractivity contribution in [2.24, 2.45) is 0 Å². The van der Waals surface area contributed by atoms with Crippen LogP contribution in [0.15, 0.2) is 0 Å². The highest BCUT2D eigenvalue weighted by Crippen LogP contribution is 2.27. The van der Waals surface area contributed by atoms with Gasteiger partial charge in [-0.2, -0.15) is 0 Å². The quantitative estimate of drug-likeness (QED) is 0.574. The summed E-state index contributed by atoms with van der Waals surface area (Å²) < 4.78 is 10.5. The van der Waals surface area contributed by atoms with Crippen LogP contribution in [-0.4, -0.2) is 41.4 Å². The molecule has 0 bridgehead atoms. The van der Waals surface area contributed by atoms with Gasteiger partial charge in [-0.1, -0.05) is 0 Å². The van der Waals surface area contributed by atoms with E-state index in [1.54, 1.807) is 13.8 Å². The maximum atomic E-state index is 8.78. The maximum absolute atomic E-state index is 8.78. The number of hydrogen-bond donors (Lipinski definition) is 2. The lowest BCUT2D eigenvalue weighted by Gasteiger charge is -2.16. The van der Waals surface area contributed by atoms with Crippen molar-refractivity contribution in [3.05, 3.63) is 0 Å². The van der Waals surface area contributed by atoms with Gasteiger partial charge in [0.25, 0.3) is 0 Å². The second-order valence-electron chi connectivity index (χ2n) is 3.08. The summed E-state index contributed by atoms with van der Waals surface area (Å²) in [5.74, 6) is -0.680. The van der Waals surface area contributed by atoms with Gasteiger partial charge in [-0.15, -0.1) is 0 Å². The first-order valence-electron chi connectivity index (χ1n) is 3.66. The Balaban J connectivity index is 2.55. The molecule has 1 heterocycles. The van der Waals surface area contributed by atoms with Crippen LogP contribution in [0.5, 0.6) is 0 Å². The zero-order valence-electron chi connectivity index (χ0n) is 6.78. The molecule has 0 aromatic carbocycles. The van der Waals surface area contributed by atoms with E-state index >= 15 is 0 Å².